The van der Waals surface area contributed by atoms with E-state index >= 15 is 0 Å². The molecule has 0 N–H and O–H groups in total. The van der Waals surface area contributed by atoms with Crippen LogP contribution in [-0.2, 0) is 0 Å². The van der Waals surface area contributed by atoms with Crippen LogP contribution < -0.4 is 0 Å². The molecule has 0 radical (unpaired) electrons. The van der Waals surface area contributed by atoms with E-state index in [1.807, 2.05) is 6.07 Å². The summed E-state index contributed by atoms with van der Waals surface area (Å²) in [4.78, 5) is 0. The van der Waals surface area contributed by atoms with Crippen LogP contribution in [0.4, 0.5) is 0 Å². The Labute approximate surface area is 129 Å². The molecule has 0 aromatic heterocycles. The second-order valence-corrected chi connectivity index (χ2v) is 10.9. The van der Waals surface area contributed by atoms with Crippen LogP contribution in [0.25, 0.3) is 11.6 Å². The predicted octanol–water partition coefficient (Wildman–Crippen LogP) is 5.50. The third-order valence-electron chi connectivity index (χ3n) is 3.03. The van der Waals surface area contributed by atoms with Crippen molar-refractivity contribution in [3.05, 3.63) is 71.8 Å². The highest BCUT2D eigenvalue weighted by atomic mass is 28.3. The smallest absolute Gasteiger partial charge is 0.129 e. The number of rotatable bonds is 3. The van der Waals surface area contributed by atoms with Gasteiger partial charge in [-0.1, -0.05) is 86.4 Å². The molecule has 106 valence electrons. The zero-order valence-corrected chi connectivity index (χ0v) is 14.1. The van der Waals surface area contributed by atoms with Crippen molar-refractivity contribution in [2.45, 2.75) is 26.1 Å². The Morgan fingerprint density at radius 3 is 2.05 bits per heavy atom. The van der Waals surface area contributed by atoms with E-state index in [1.54, 1.807) is 0 Å². The Morgan fingerprint density at radius 2 is 1.48 bits per heavy atom. The maximum absolute atomic E-state index is 3.46. The first-order valence-corrected chi connectivity index (χ1v) is 10.9. The Bertz CT molecular complexity index is 650. The van der Waals surface area contributed by atoms with E-state index < -0.39 is 8.07 Å². The molecule has 0 aliphatic rings. The minimum atomic E-state index is -1.31. The average molecular weight is 290 g/mol. The molecule has 0 aliphatic carbocycles. The van der Waals surface area contributed by atoms with E-state index in [0.717, 1.165) is 6.42 Å². The standard InChI is InChI=1S/C20H22Si/c1-21(2,3)16-10-15-20(19-13-8-5-9-14-19)17-18-11-6-4-7-12-18/h4-9,11-14,17H,15H2,1-3H3. The number of hydrogen-bond acceptors (Lipinski definition) is 0. The van der Waals surface area contributed by atoms with Crippen LogP contribution in [0.15, 0.2) is 60.7 Å². The summed E-state index contributed by atoms with van der Waals surface area (Å²) in [7, 11) is -1.31. The van der Waals surface area contributed by atoms with Gasteiger partial charge in [0.2, 0.25) is 0 Å². The molecule has 0 saturated carbocycles. The first kappa shape index (κ1) is 15.3. The maximum atomic E-state index is 3.46. The Kier molecular flexibility index (Phi) is 5.19. The minimum Gasteiger partial charge on any atom is -0.132 e. The normalized spacial score (nSPS) is 11.7. The zero-order chi connectivity index (χ0) is 15.1. The maximum Gasteiger partial charge on any atom is 0.129 e. The van der Waals surface area contributed by atoms with Crippen LogP contribution in [0.3, 0.4) is 0 Å². The first-order valence-electron chi connectivity index (χ1n) is 7.36. The molecule has 0 aliphatic heterocycles. The fourth-order valence-corrected chi connectivity index (χ4v) is 2.66. The molecule has 0 unspecified atom stereocenters. The Balaban J connectivity index is 2.31. The van der Waals surface area contributed by atoms with E-state index in [4.69, 9.17) is 0 Å². The molecular weight excluding hydrogens is 268 g/mol. The summed E-state index contributed by atoms with van der Waals surface area (Å²) >= 11 is 0. The van der Waals surface area contributed by atoms with Crippen LogP contribution in [0.1, 0.15) is 17.5 Å². The molecule has 0 nitrogen and oxygen atoms in total. The van der Waals surface area contributed by atoms with Crippen molar-refractivity contribution in [2.75, 3.05) is 0 Å². The lowest BCUT2D eigenvalue weighted by atomic mass is 10.0. The van der Waals surface area contributed by atoms with Crippen molar-refractivity contribution in [1.29, 1.82) is 0 Å². The molecule has 0 fully saturated rings. The summed E-state index contributed by atoms with van der Waals surface area (Å²) in [5, 5.41) is 0. The van der Waals surface area contributed by atoms with Gasteiger partial charge in [0.15, 0.2) is 0 Å². The third-order valence-corrected chi connectivity index (χ3v) is 3.95. The van der Waals surface area contributed by atoms with Gasteiger partial charge in [-0.15, -0.1) is 11.5 Å². The highest BCUT2D eigenvalue weighted by molar-refractivity contribution is 6.83. The zero-order valence-electron chi connectivity index (χ0n) is 13.1. The Morgan fingerprint density at radius 1 is 0.905 bits per heavy atom. The van der Waals surface area contributed by atoms with Crippen molar-refractivity contribution in [2.24, 2.45) is 0 Å². The lowest BCUT2D eigenvalue weighted by molar-refractivity contribution is 1.45. The fraction of sp³-hybridized carbons (Fsp3) is 0.200. The summed E-state index contributed by atoms with van der Waals surface area (Å²) < 4.78 is 0. The van der Waals surface area contributed by atoms with Gasteiger partial charge in [-0.05, 0) is 16.7 Å². The highest BCUT2D eigenvalue weighted by Gasteiger charge is 2.07. The van der Waals surface area contributed by atoms with Gasteiger partial charge in [0.05, 0.1) is 0 Å². The topological polar surface area (TPSA) is 0 Å². The summed E-state index contributed by atoms with van der Waals surface area (Å²) in [6, 6.07) is 21.0. The monoisotopic (exact) mass is 290 g/mol. The van der Waals surface area contributed by atoms with Crippen molar-refractivity contribution < 1.29 is 0 Å². The van der Waals surface area contributed by atoms with Crippen molar-refractivity contribution in [1.82, 2.24) is 0 Å². The van der Waals surface area contributed by atoms with Gasteiger partial charge in [0.25, 0.3) is 0 Å². The van der Waals surface area contributed by atoms with E-state index in [-0.39, 0.29) is 0 Å². The largest absolute Gasteiger partial charge is 0.132 e. The van der Waals surface area contributed by atoms with Crippen molar-refractivity contribution in [3.63, 3.8) is 0 Å². The minimum absolute atomic E-state index is 0.809. The summed E-state index contributed by atoms with van der Waals surface area (Å²) in [6.07, 6.45) is 3.05. The predicted molar refractivity (Wildman–Crippen MR) is 96.5 cm³/mol. The van der Waals surface area contributed by atoms with Gasteiger partial charge in [0, 0.05) is 6.42 Å². The number of hydrogen-bond donors (Lipinski definition) is 0. The molecule has 2 aromatic rings. The molecule has 21 heavy (non-hydrogen) atoms. The van der Waals surface area contributed by atoms with E-state index in [1.165, 1.54) is 16.7 Å². The van der Waals surface area contributed by atoms with Crippen LogP contribution in [0.5, 0.6) is 0 Å². The van der Waals surface area contributed by atoms with Crippen molar-refractivity contribution in [3.8, 4) is 11.5 Å². The van der Waals surface area contributed by atoms with Crippen LogP contribution in [0.2, 0.25) is 19.6 Å². The second-order valence-electron chi connectivity index (χ2n) is 6.17. The van der Waals surface area contributed by atoms with Crippen LogP contribution in [-0.4, -0.2) is 8.07 Å². The van der Waals surface area contributed by atoms with E-state index in [2.05, 4.69) is 91.8 Å². The van der Waals surface area contributed by atoms with Gasteiger partial charge >= 0.3 is 0 Å². The van der Waals surface area contributed by atoms with Crippen molar-refractivity contribution >= 4 is 19.7 Å². The SMILES string of the molecule is C[Si](C)(C)C#CCC(=Cc1ccccc1)c1ccccc1. The molecule has 0 heterocycles. The molecule has 0 atom stereocenters. The lowest BCUT2D eigenvalue weighted by Crippen LogP contribution is -2.16. The summed E-state index contributed by atoms with van der Waals surface area (Å²) in [5.41, 5.74) is 7.22. The van der Waals surface area contributed by atoms with E-state index in [9.17, 15) is 0 Å². The summed E-state index contributed by atoms with van der Waals surface area (Å²) in [5.74, 6) is 3.39. The molecule has 0 amide bonds. The number of benzene rings is 2. The quantitative estimate of drug-likeness (QED) is 0.398. The van der Waals surface area contributed by atoms with Gasteiger partial charge in [-0.3, -0.25) is 0 Å². The second kappa shape index (κ2) is 7.11. The average Bonchev–Trinajstić information content (AvgIpc) is 2.47. The summed E-state index contributed by atoms with van der Waals surface area (Å²) in [6.45, 7) is 6.84. The van der Waals surface area contributed by atoms with Gasteiger partial charge < -0.3 is 0 Å². The molecule has 0 saturated heterocycles. The third kappa shape index (κ3) is 5.45. The molecule has 2 rings (SSSR count). The molecule has 0 spiro atoms. The first-order chi connectivity index (χ1) is 10.0. The molecular formula is C20H22Si. The van der Waals surface area contributed by atoms with Crippen LogP contribution in [0, 0.1) is 11.5 Å². The van der Waals surface area contributed by atoms with E-state index in [0.29, 0.717) is 0 Å². The molecule has 0 bridgehead atoms. The molecule has 1 heteroatoms. The lowest BCUT2D eigenvalue weighted by Gasteiger charge is -2.07. The fourth-order valence-electron chi connectivity index (χ4n) is 2.04. The number of allylic oxidation sites excluding steroid dienone is 1. The van der Waals surface area contributed by atoms with Gasteiger partial charge in [0.1, 0.15) is 8.07 Å². The van der Waals surface area contributed by atoms with Gasteiger partial charge in [-0.2, -0.15) is 0 Å². The molecule has 2 aromatic carbocycles. The van der Waals surface area contributed by atoms with Crippen LogP contribution >= 0.6 is 0 Å². The Hall–Kier alpha value is -2.04. The van der Waals surface area contributed by atoms with Gasteiger partial charge in [-0.25, -0.2) is 0 Å². The highest BCUT2D eigenvalue weighted by Crippen LogP contribution is 2.21.